The van der Waals surface area contributed by atoms with Crippen molar-refractivity contribution in [2.24, 2.45) is 7.05 Å². The predicted molar refractivity (Wildman–Crippen MR) is 132 cm³/mol. The topological polar surface area (TPSA) is 76.7 Å². The fourth-order valence-electron chi connectivity index (χ4n) is 4.42. The number of hydrogen-bond acceptors (Lipinski definition) is 6. The average molecular weight is 467 g/mol. The molecule has 1 saturated heterocycles. The van der Waals surface area contributed by atoms with Crippen molar-refractivity contribution >= 4 is 39.0 Å². The van der Waals surface area contributed by atoms with Gasteiger partial charge in [0.25, 0.3) is 0 Å². The number of likely N-dealkylation sites (tertiary alicyclic amines) is 1. The molecule has 1 aromatic carbocycles. The van der Waals surface area contributed by atoms with Crippen LogP contribution in [0, 0.1) is 0 Å². The Balaban J connectivity index is 1.33. The summed E-state index contributed by atoms with van der Waals surface area (Å²) in [5, 5.41) is 8.94. The van der Waals surface area contributed by atoms with E-state index in [9.17, 15) is 4.79 Å². The maximum Gasteiger partial charge on any atom is 0.410 e. The van der Waals surface area contributed by atoms with E-state index < -0.39 is 5.60 Å². The molecule has 33 heavy (non-hydrogen) atoms. The van der Waals surface area contributed by atoms with Gasteiger partial charge in [0.15, 0.2) is 4.96 Å². The summed E-state index contributed by atoms with van der Waals surface area (Å²) in [4.78, 5) is 21.2. The first kappa shape index (κ1) is 21.8. The van der Waals surface area contributed by atoms with Gasteiger partial charge in [-0.2, -0.15) is 5.10 Å². The lowest BCUT2D eigenvalue weighted by Gasteiger charge is -2.32. The average Bonchev–Trinajstić information content (AvgIpc) is 3.43. The van der Waals surface area contributed by atoms with Crippen molar-refractivity contribution < 1.29 is 9.53 Å². The molecular formula is C24H30N6O2S. The summed E-state index contributed by atoms with van der Waals surface area (Å²) in [5.74, 6) is 0.363. The molecule has 1 fully saturated rings. The molecule has 3 aromatic heterocycles. The SMILES string of the molecule is CNc1cc(-c2cn3cc(C4CCN(C(=O)OC(C)(C)C)CC4)nc3s2)cc2cn(C)nc12. The van der Waals surface area contributed by atoms with Gasteiger partial charge in [-0.1, -0.05) is 11.3 Å². The molecule has 0 bridgehead atoms. The number of fused-ring (bicyclic) bond motifs is 2. The Morgan fingerprint density at radius 2 is 1.94 bits per heavy atom. The van der Waals surface area contributed by atoms with Gasteiger partial charge in [-0.25, -0.2) is 9.78 Å². The number of thiazole rings is 1. The highest BCUT2D eigenvalue weighted by Gasteiger charge is 2.28. The third-order valence-electron chi connectivity index (χ3n) is 6.02. The van der Waals surface area contributed by atoms with E-state index in [2.05, 4.69) is 39.3 Å². The molecule has 0 spiro atoms. The van der Waals surface area contributed by atoms with Crippen LogP contribution in [0.4, 0.5) is 10.5 Å². The molecule has 4 heterocycles. The van der Waals surface area contributed by atoms with E-state index in [0.717, 1.165) is 45.7 Å². The van der Waals surface area contributed by atoms with Crippen molar-refractivity contribution in [3.8, 4) is 10.4 Å². The maximum absolute atomic E-state index is 12.3. The Bertz CT molecular complexity index is 1290. The van der Waals surface area contributed by atoms with E-state index in [4.69, 9.17) is 9.72 Å². The van der Waals surface area contributed by atoms with Crippen LogP contribution in [0.5, 0.6) is 0 Å². The Hall–Kier alpha value is -3.07. The van der Waals surface area contributed by atoms with Crippen molar-refractivity contribution in [3.05, 3.63) is 36.4 Å². The first-order chi connectivity index (χ1) is 15.7. The second-order valence-corrected chi connectivity index (χ2v) is 10.7. The van der Waals surface area contributed by atoms with Crippen molar-refractivity contribution in [2.75, 3.05) is 25.5 Å². The number of aryl methyl sites for hydroxylation is 1. The molecule has 0 aliphatic carbocycles. The van der Waals surface area contributed by atoms with E-state index >= 15 is 0 Å². The molecular weight excluding hydrogens is 436 g/mol. The number of nitrogens with one attached hydrogen (secondary N) is 1. The van der Waals surface area contributed by atoms with Gasteiger partial charge < -0.3 is 15.0 Å². The van der Waals surface area contributed by atoms with E-state index in [1.54, 1.807) is 11.3 Å². The van der Waals surface area contributed by atoms with E-state index in [0.29, 0.717) is 19.0 Å². The summed E-state index contributed by atoms with van der Waals surface area (Å²) in [6.07, 6.45) is 7.93. The monoisotopic (exact) mass is 466 g/mol. The lowest BCUT2D eigenvalue weighted by molar-refractivity contribution is 0.0204. The minimum absolute atomic E-state index is 0.220. The van der Waals surface area contributed by atoms with Crippen molar-refractivity contribution in [1.82, 2.24) is 24.1 Å². The standard InChI is InChI=1S/C24H30N6O2S/c1-24(2,3)32-23(31)29-8-6-15(7-9-29)19-13-30-14-20(33-22(30)26-19)16-10-17-12-28(5)27-21(17)18(11-16)25-4/h10-15,25H,6-9H2,1-5H3. The molecule has 0 unspecified atom stereocenters. The molecule has 1 N–H and O–H groups in total. The molecule has 1 amide bonds. The second kappa shape index (κ2) is 8.06. The van der Waals surface area contributed by atoms with Gasteiger partial charge in [0.1, 0.15) is 11.1 Å². The Kier molecular flexibility index (Phi) is 5.31. The fourth-order valence-corrected chi connectivity index (χ4v) is 5.38. The highest BCUT2D eigenvalue weighted by molar-refractivity contribution is 7.20. The molecule has 1 aliphatic rings. The number of benzene rings is 1. The summed E-state index contributed by atoms with van der Waals surface area (Å²) in [6.45, 7) is 7.11. The second-order valence-electron chi connectivity index (χ2n) is 9.71. The van der Waals surface area contributed by atoms with Gasteiger partial charge in [-0.3, -0.25) is 9.08 Å². The molecule has 174 valence electrons. The molecule has 9 heteroatoms. The number of nitrogens with zero attached hydrogens (tertiary/aromatic N) is 5. The predicted octanol–water partition coefficient (Wildman–Crippen LogP) is 5.11. The van der Waals surface area contributed by atoms with Crippen molar-refractivity contribution in [3.63, 3.8) is 0 Å². The minimum atomic E-state index is -0.463. The van der Waals surface area contributed by atoms with Crippen LogP contribution < -0.4 is 5.32 Å². The molecule has 0 atom stereocenters. The van der Waals surface area contributed by atoms with Crippen molar-refractivity contribution in [2.45, 2.75) is 45.1 Å². The molecule has 0 radical (unpaired) electrons. The van der Waals surface area contributed by atoms with Crippen LogP contribution in [-0.2, 0) is 11.8 Å². The van der Waals surface area contributed by atoms with E-state index in [1.165, 1.54) is 4.88 Å². The zero-order valence-corrected chi connectivity index (χ0v) is 20.6. The third-order valence-corrected chi connectivity index (χ3v) is 7.06. The van der Waals surface area contributed by atoms with Crippen molar-refractivity contribution in [1.29, 1.82) is 0 Å². The lowest BCUT2D eigenvalue weighted by atomic mass is 9.94. The fraction of sp³-hybridized carbons (Fsp3) is 0.458. The Morgan fingerprint density at radius 1 is 1.18 bits per heavy atom. The first-order valence-electron chi connectivity index (χ1n) is 11.3. The van der Waals surface area contributed by atoms with Gasteiger partial charge in [0.2, 0.25) is 0 Å². The van der Waals surface area contributed by atoms with Gasteiger partial charge in [0, 0.05) is 57.1 Å². The number of carbonyl (C=O) groups is 1. The van der Waals surface area contributed by atoms with Gasteiger partial charge >= 0.3 is 6.09 Å². The molecule has 1 aliphatic heterocycles. The smallest absolute Gasteiger partial charge is 0.410 e. The quantitative estimate of drug-likeness (QED) is 0.454. The van der Waals surface area contributed by atoms with E-state index in [-0.39, 0.29) is 6.09 Å². The number of amides is 1. The minimum Gasteiger partial charge on any atom is -0.444 e. The van der Waals surface area contributed by atoms with Crippen LogP contribution in [0.1, 0.15) is 45.2 Å². The lowest BCUT2D eigenvalue weighted by Crippen LogP contribution is -2.41. The number of piperidine rings is 1. The van der Waals surface area contributed by atoms with Gasteiger partial charge in [-0.15, -0.1) is 0 Å². The molecule has 5 rings (SSSR count). The highest BCUT2D eigenvalue weighted by Crippen LogP contribution is 2.36. The number of anilines is 1. The van der Waals surface area contributed by atoms with Gasteiger partial charge in [0.05, 0.1) is 16.3 Å². The largest absolute Gasteiger partial charge is 0.444 e. The summed E-state index contributed by atoms with van der Waals surface area (Å²) in [7, 11) is 3.87. The zero-order valence-electron chi connectivity index (χ0n) is 19.8. The van der Waals surface area contributed by atoms with Gasteiger partial charge in [-0.05, 0) is 51.3 Å². The summed E-state index contributed by atoms with van der Waals surface area (Å²) < 4.78 is 9.48. The van der Waals surface area contributed by atoms with Crippen LogP contribution in [0.3, 0.4) is 0 Å². The zero-order chi connectivity index (χ0) is 23.3. The molecule has 0 saturated carbocycles. The maximum atomic E-state index is 12.3. The van der Waals surface area contributed by atoms with Crippen LogP contribution in [-0.4, -0.2) is 55.9 Å². The number of ether oxygens (including phenoxy) is 1. The summed E-state index contributed by atoms with van der Waals surface area (Å²) >= 11 is 1.69. The van der Waals surface area contributed by atoms with Crippen LogP contribution in [0.25, 0.3) is 26.3 Å². The molecule has 4 aromatic rings. The Labute approximate surface area is 197 Å². The Morgan fingerprint density at radius 3 is 2.61 bits per heavy atom. The van der Waals surface area contributed by atoms with Crippen LogP contribution in [0.15, 0.2) is 30.7 Å². The first-order valence-corrected chi connectivity index (χ1v) is 12.1. The van der Waals surface area contributed by atoms with E-state index in [1.807, 2.05) is 50.6 Å². The summed E-state index contributed by atoms with van der Waals surface area (Å²) in [6, 6.07) is 4.33. The molecule has 8 nitrogen and oxygen atoms in total. The van der Waals surface area contributed by atoms with Crippen LogP contribution in [0.2, 0.25) is 0 Å². The van der Waals surface area contributed by atoms with Crippen LogP contribution >= 0.6 is 11.3 Å². The normalized spacial score (nSPS) is 15.5. The number of imidazole rings is 1. The number of hydrogen-bond donors (Lipinski definition) is 1. The third kappa shape index (κ3) is 4.29. The highest BCUT2D eigenvalue weighted by atomic mass is 32.1. The number of rotatable bonds is 3. The number of aromatic nitrogens is 4. The summed E-state index contributed by atoms with van der Waals surface area (Å²) in [5.41, 5.74) is 3.80. The number of carbonyl (C=O) groups excluding carboxylic acids is 1.